The first-order valence-electron chi connectivity index (χ1n) is 7.14. The summed E-state index contributed by atoms with van der Waals surface area (Å²) in [5, 5.41) is 17.8. The van der Waals surface area contributed by atoms with Crippen molar-refractivity contribution in [2.45, 2.75) is 0 Å². The number of carbonyl (C=O) groups is 1. The lowest BCUT2D eigenvalue weighted by Gasteiger charge is -2.06. The number of nitrogens with zero attached hydrogens (tertiary/aromatic N) is 3. The van der Waals surface area contributed by atoms with E-state index in [1.54, 1.807) is 42.5 Å². The molecule has 4 rings (SSSR count). The number of halogens is 2. The number of H-pyrrole nitrogens is 1. The van der Waals surface area contributed by atoms with Gasteiger partial charge in [0.25, 0.3) is 5.91 Å². The third-order valence-electron chi connectivity index (χ3n) is 3.53. The lowest BCUT2D eigenvalue weighted by molar-refractivity contribution is 0.102. The van der Waals surface area contributed by atoms with Crippen LogP contribution >= 0.6 is 27.5 Å². The SMILES string of the molecule is O=C(Nc1ccc(Cl)c(Br)c1)c1ccc2cc(-c3nn[nH]n3)oc2c1. The van der Waals surface area contributed by atoms with Gasteiger partial charge in [-0.2, -0.15) is 5.21 Å². The summed E-state index contributed by atoms with van der Waals surface area (Å²) in [5.74, 6) is 0.574. The summed E-state index contributed by atoms with van der Waals surface area (Å²) in [6.07, 6.45) is 0. The molecule has 25 heavy (non-hydrogen) atoms. The minimum absolute atomic E-state index is 0.256. The molecule has 1 amide bonds. The molecule has 7 nitrogen and oxygen atoms in total. The van der Waals surface area contributed by atoms with Crippen molar-refractivity contribution in [3.8, 4) is 11.6 Å². The van der Waals surface area contributed by atoms with Gasteiger partial charge in [0, 0.05) is 21.1 Å². The monoisotopic (exact) mass is 417 g/mol. The van der Waals surface area contributed by atoms with Crippen LogP contribution in [-0.2, 0) is 0 Å². The van der Waals surface area contributed by atoms with E-state index >= 15 is 0 Å². The van der Waals surface area contributed by atoms with Crippen molar-refractivity contribution >= 4 is 50.1 Å². The molecule has 0 saturated heterocycles. The molecule has 0 saturated carbocycles. The van der Waals surface area contributed by atoms with Gasteiger partial charge in [-0.05, 0) is 57.5 Å². The number of anilines is 1. The van der Waals surface area contributed by atoms with Gasteiger partial charge in [0.2, 0.25) is 5.82 Å². The van der Waals surface area contributed by atoms with Crippen LogP contribution in [0.2, 0.25) is 5.02 Å². The number of amides is 1. The predicted octanol–water partition coefficient (Wildman–Crippen LogP) is 4.28. The predicted molar refractivity (Wildman–Crippen MR) is 96.5 cm³/mol. The number of aromatic amines is 1. The summed E-state index contributed by atoms with van der Waals surface area (Å²) in [7, 11) is 0. The molecule has 2 aromatic heterocycles. The van der Waals surface area contributed by atoms with Gasteiger partial charge in [-0.15, -0.1) is 10.2 Å². The molecule has 0 aliphatic carbocycles. The molecule has 4 aromatic rings. The van der Waals surface area contributed by atoms with Crippen LogP contribution in [-0.4, -0.2) is 26.5 Å². The molecule has 0 spiro atoms. The quantitative estimate of drug-likeness (QED) is 0.517. The minimum Gasteiger partial charge on any atom is -0.453 e. The Bertz CT molecular complexity index is 1080. The van der Waals surface area contributed by atoms with Crippen LogP contribution in [0.3, 0.4) is 0 Å². The number of aromatic nitrogens is 4. The van der Waals surface area contributed by atoms with Crippen LogP contribution < -0.4 is 5.32 Å². The summed E-state index contributed by atoms with van der Waals surface area (Å²) in [6.45, 7) is 0. The number of nitrogens with one attached hydrogen (secondary N) is 2. The summed E-state index contributed by atoms with van der Waals surface area (Å²) < 4.78 is 6.41. The zero-order valence-corrected chi connectivity index (χ0v) is 14.8. The first kappa shape index (κ1) is 15.8. The number of rotatable bonds is 3. The van der Waals surface area contributed by atoms with Crippen molar-refractivity contribution < 1.29 is 9.21 Å². The van der Waals surface area contributed by atoms with E-state index in [4.69, 9.17) is 16.0 Å². The molecule has 124 valence electrons. The zero-order chi connectivity index (χ0) is 17.4. The second kappa shape index (κ2) is 6.30. The van der Waals surface area contributed by atoms with E-state index in [9.17, 15) is 4.79 Å². The third-order valence-corrected chi connectivity index (χ3v) is 4.74. The average Bonchev–Trinajstić information content (AvgIpc) is 3.26. The van der Waals surface area contributed by atoms with Crippen LogP contribution in [0.5, 0.6) is 0 Å². The van der Waals surface area contributed by atoms with E-state index in [-0.39, 0.29) is 5.91 Å². The van der Waals surface area contributed by atoms with Crippen molar-refractivity contribution in [2.24, 2.45) is 0 Å². The van der Waals surface area contributed by atoms with Gasteiger partial charge < -0.3 is 9.73 Å². The second-order valence-corrected chi connectivity index (χ2v) is 6.44. The molecule has 0 unspecified atom stereocenters. The number of benzene rings is 2. The van der Waals surface area contributed by atoms with E-state index in [1.807, 2.05) is 0 Å². The van der Waals surface area contributed by atoms with Crippen molar-refractivity contribution in [3.63, 3.8) is 0 Å². The Labute approximate surface area is 154 Å². The van der Waals surface area contributed by atoms with Crippen molar-refractivity contribution in [2.75, 3.05) is 5.32 Å². The number of tetrazole rings is 1. The van der Waals surface area contributed by atoms with Gasteiger partial charge in [0.1, 0.15) is 5.58 Å². The molecule has 0 aliphatic rings. The molecule has 2 aromatic carbocycles. The fourth-order valence-electron chi connectivity index (χ4n) is 2.33. The maximum Gasteiger partial charge on any atom is 0.255 e. The van der Waals surface area contributed by atoms with Crippen LogP contribution in [0.25, 0.3) is 22.6 Å². The van der Waals surface area contributed by atoms with Crippen LogP contribution in [0, 0.1) is 0 Å². The molecule has 0 atom stereocenters. The highest BCUT2D eigenvalue weighted by atomic mass is 79.9. The van der Waals surface area contributed by atoms with Gasteiger partial charge in [-0.3, -0.25) is 4.79 Å². The molecule has 0 fully saturated rings. The highest BCUT2D eigenvalue weighted by molar-refractivity contribution is 9.10. The van der Waals surface area contributed by atoms with Crippen LogP contribution in [0.4, 0.5) is 5.69 Å². The van der Waals surface area contributed by atoms with Gasteiger partial charge in [0.05, 0.1) is 5.02 Å². The van der Waals surface area contributed by atoms with E-state index in [0.29, 0.717) is 37.9 Å². The van der Waals surface area contributed by atoms with Crippen molar-refractivity contribution in [1.29, 1.82) is 0 Å². The average molecular weight is 419 g/mol. The Hall–Kier alpha value is -2.71. The molecule has 2 heterocycles. The molecule has 0 bridgehead atoms. The van der Waals surface area contributed by atoms with Crippen LogP contribution in [0.1, 0.15) is 10.4 Å². The first-order valence-corrected chi connectivity index (χ1v) is 8.31. The van der Waals surface area contributed by atoms with E-state index < -0.39 is 0 Å². The largest absolute Gasteiger partial charge is 0.453 e. The maximum absolute atomic E-state index is 12.4. The Balaban J connectivity index is 1.62. The Morgan fingerprint density at radius 3 is 2.84 bits per heavy atom. The molecular weight excluding hydrogens is 410 g/mol. The highest BCUT2D eigenvalue weighted by Crippen LogP contribution is 2.28. The highest BCUT2D eigenvalue weighted by Gasteiger charge is 2.13. The molecular formula is C16H9BrClN5O2. The second-order valence-electron chi connectivity index (χ2n) is 5.18. The fraction of sp³-hybridized carbons (Fsp3) is 0. The number of carbonyl (C=O) groups excluding carboxylic acids is 1. The van der Waals surface area contributed by atoms with Crippen LogP contribution in [0.15, 0.2) is 51.4 Å². The number of furan rings is 1. The lowest BCUT2D eigenvalue weighted by atomic mass is 10.1. The van der Waals surface area contributed by atoms with E-state index in [1.165, 1.54) is 0 Å². The van der Waals surface area contributed by atoms with E-state index in [2.05, 4.69) is 41.9 Å². The van der Waals surface area contributed by atoms with Gasteiger partial charge >= 0.3 is 0 Å². The molecule has 0 radical (unpaired) electrons. The molecule has 2 N–H and O–H groups in total. The Morgan fingerprint density at radius 2 is 2.08 bits per heavy atom. The third kappa shape index (κ3) is 3.13. The zero-order valence-electron chi connectivity index (χ0n) is 12.5. The smallest absolute Gasteiger partial charge is 0.255 e. The summed E-state index contributed by atoms with van der Waals surface area (Å²) in [5.41, 5.74) is 1.66. The lowest BCUT2D eigenvalue weighted by Crippen LogP contribution is -2.11. The van der Waals surface area contributed by atoms with Gasteiger partial charge in [-0.1, -0.05) is 17.7 Å². The Morgan fingerprint density at radius 1 is 1.20 bits per heavy atom. The van der Waals surface area contributed by atoms with Gasteiger partial charge in [-0.25, -0.2) is 0 Å². The summed E-state index contributed by atoms with van der Waals surface area (Å²) >= 11 is 9.28. The summed E-state index contributed by atoms with van der Waals surface area (Å²) in [4.78, 5) is 12.4. The normalized spacial score (nSPS) is 11.0. The number of hydrogen-bond donors (Lipinski definition) is 2. The fourth-order valence-corrected chi connectivity index (χ4v) is 2.82. The van der Waals surface area contributed by atoms with Crippen molar-refractivity contribution in [3.05, 3.63) is 57.5 Å². The maximum atomic E-state index is 12.4. The number of hydrogen-bond acceptors (Lipinski definition) is 5. The van der Waals surface area contributed by atoms with Gasteiger partial charge in [0.15, 0.2) is 5.76 Å². The number of fused-ring (bicyclic) bond motifs is 1. The standard InChI is InChI=1S/C16H9BrClN5O2/c17-11-7-10(3-4-12(11)18)19-16(24)9-2-1-8-5-14(25-13(8)6-9)15-20-22-23-21-15/h1-7H,(H,19,24)(H,20,21,22,23). The molecule has 0 aliphatic heterocycles. The molecule has 9 heteroatoms. The van der Waals surface area contributed by atoms with E-state index in [0.717, 1.165) is 5.39 Å². The summed E-state index contributed by atoms with van der Waals surface area (Å²) in [6, 6.07) is 12.1. The van der Waals surface area contributed by atoms with Crippen molar-refractivity contribution in [1.82, 2.24) is 20.6 Å². The first-order chi connectivity index (χ1) is 12.1. The topological polar surface area (TPSA) is 96.7 Å². The Kier molecular flexibility index (Phi) is 3.98. The minimum atomic E-state index is -0.256.